The van der Waals surface area contributed by atoms with Crippen molar-refractivity contribution in [2.75, 3.05) is 0 Å². The Kier molecular flexibility index (Phi) is 4.11. The van der Waals surface area contributed by atoms with Crippen LogP contribution in [0.3, 0.4) is 0 Å². The molecule has 1 heterocycles. The third kappa shape index (κ3) is 3.12. The Hall–Kier alpha value is -2.18. The summed E-state index contributed by atoms with van der Waals surface area (Å²) in [6.45, 7) is 3.36. The van der Waals surface area contributed by atoms with Crippen LogP contribution in [-0.2, 0) is 16.0 Å². The van der Waals surface area contributed by atoms with Crippen LogP contribution in [-0.4, -0.2) is 32.5 Å². The van der Waals surface area contributed by atoms with Gasteiger partial charge in [0.1, 0.15) is 5.54 Å². The van der Waals surface area contributed by atoms with Crippen molar-refractivity contribution in [2.45, 2.75) is 51.5 Å². The zero-order valence-corrected chi connectivity index (χ0v) is 12.2. The zero-order valence-electron chi connectivity index (χ0n) is 12.2. The quantitative estimate of drug-likeness (QED) is 0.746. The minimum Gasteiger partial charge on any atom is -0.480 e. The first-order valence-corrected chi connectivity index (χ1v) is 6.95. The predicted molar refractivity (Wildman–Crippen MR) is 75.0 cm³/mol. The molecular formula is C14H19N3O4. The predicted octanol–water partition coefficient (Wildman–Crippen LogP) is 0.443. The molecule has 114 valence electrons. The van der Waals surface area contributed by atoms with Crippen LogP contribution in [0.2, 0.25) is 0 Å². The van der Waals surface area contributed by atoms with Gasteiger partial charge in [-0.25, -0.2) is 9.59 Å². The van der Waals surface area contributed by atoms with E-state index in [2.05, 4.69) is 15.3 Å². The van der Waals surface area contributed by atoms with Gasteiger partial charge in [0.2, 0.25) is 5.91 Å². The van der Waals surface area contributed by atoms with Gasteiger partial charge in [0, 0.05) is 17.0 Å². The smallest absolute Gasteiger partial charge is 0.345 e. The maximum absolute atomic E-state index is 12.2. The van der Waals surface area contributed by atoms with Crippen LogP contribution < -0.4 is 11.0 Å². The van der Waals surface area contributed by atoms with Gasteiger partial charge in [-0.15, -0.1) is 0 Å². The summed E-state index contributed by atoms with van der Waals surface area (Å²) < 4.78 is 0. The highest BCUT2D eigenvalue weighted by atomic mass is 16.4. The highest BCUT2D eigenvalue weighted by Crippen LogP contribution is 2.30. The SMILES string of the molecule is Cc1nc(=O)[nH]c(C)c1CC(=O)NC1(C(=O)O)CCCC1. The van der Waals surface area contributed by atoms with E-state index in [1.807, 2.05) is 0 Å². The number of aliphatic carboxylic acids is 1. The molecule has 2 rings (SSSR count). The molecule has 21 heavy (non-hydrogen) atoms. The van der Waals surface area contributed by atoms with Crippen LogP contribution in [0.5, 0.6) is 0 Å². The number of amides is 1. The van der Waals surface area contributed by atoms with Gasteiger partial charge in [0.15, 0.2) is 0 Å². The number of carboxylic acid groups (broad SMARTS) is 1. The normalized spacial score (nSPS) is 16.7. The molecule has 3 N–H and O–H groups in total. The third-order valence-corrected chi connectivity index (χ3v) is 4.04. The van der Waals surface area contributed by atoms with Crippen molar-refractivity contribution in [3.8, 4) is 0 Å². The van der Waals surface area contributed by atoms with E-state index in [-0.39, 0.29) is 12.3 Å². The second kappa shape index (κ2) is 5.67. The summed E-state index contributed by atoms with van der Waals surface area (Å²) >= 11 is 0. The summed E-state index contributed by atoms with van der Waals surface area (Å²) in [7, 11) is 0. The van der Waals surface area contributed by atoms with Gasteiger partial charge in [0.25, 0.3) is 0 Å². The summed E-state index contributed by atoms with van der Waals surface area (Å²) in [5.74, 6) is -1.35. The number of aromatic amines is 1. The Bertz CT molecular complexity index is 603. The van der Waals surface area contributed by atoms with Crippen LogP contribution in [0.4, 0.5) is 0 Å². The van der Waals surface area contributed by atoms with Gasteiger partial charge < -0.3 is 15.4 Å². The third-order valence-electron chi connectivity index (χ3n) is 4.04. The Morgan fingerprint density at radius 2 is 1.95 bits per heavy atom. The zero-order chi connectivity index (χ0) is 15.6. The van der Waals surface area contributed by atoms with E-state index in [4.69, 9.17) is 0 Å². The van der Waals surface area contributed by atoms with Gasteiger partial charge in [-0.05, 0) is 26.7 Å². The molecule has 1 saturated carbocycles. The van der Waals surface area contributed by atoms with Crippen LogP contribution in [0.1, 0.15) is 42.6 Å². The molecule has 0 radical (unpaired) electrons. The second-order valence-electron chi connectivity index (χ2n) is 5.55. The average Bonchev–Trinajstić information content (AvgIpc) is 2.83. The molecule has 0 saturated heterocycles. The number of hydrogen-bond donors (Lipinski definition) is 3. The second-order valence-corrected chi connectivity index (χ2v) is 5.55. The van der Waals surface area contributed by atoms with Gasteiger partial charge >= 0.3 is 11.7 Å². The lowest BCUT2D eigenvalue weighted by Gasteiger charge is -2.25. The molecule has 7 heteroatoms. The van der Waals surface area contributed by atoms with Crippen molar-refractivity contribution in [2.24, 2.45) is 0 Å². The highest BCUT2D eigenvalue weighted by molar-refractivity contribution is 5.88. The fourth-order valence-corrected chi connectivity index (χ4v) is 2.86. The number of aryl methyl sites for hydroxylation is 2. The van der Waals surface area contributed by atoms with Crippen LogP contribution in [0.25, 0.3) is 0 Å². The lowest BCUT2D eigenvalue weighted by atomic mass is 9.97. The molecule has 1 aliphatic carbocycles. The van der Waals surface area contributed by atoms with Gasteiger partial charge in [-0.1, -0.05) is 12.8 Å². The first-order valence-electron chi connectivity index (χ1n) is 6.95. The van der Waals surface area contributed by atoms with Crippen LogP contribution in [0.15, 0.2) is 4.79 Å². The van der Waals surface area contributed by atoms with E-state index < -0.39 is 17.2 Å². The molecule has 1 aromatic heterocycles. The van der Waals surface area contributed by atoms with E-state index >= 15 is 0 Å². The largest absolute Gasteiger partial charge is 0.480 e. The molecule has 0 spiro atoms. The number of nitrogens with one attached hydrogen (secondary N) is 2. The van der Waals surface area contributed by atoms with Crippen molar-refractivity contribution in [3.63, 3.8) is 0 Å². The number of rotatable bonds is 4. The number of aromatic nitrogens is 2. The Balaban J connectivity index is 2.15. The van der Waals surface area contributed by atoms with E-state index in [0.29, 0.717) is 29.8 Å². The Labute approximate surface area is 121 Å². The Morgan fingerprint density at radius 3 is 2.48 bits per heavy atom. The fraction of sp³-hybridized carbons (Fsp3) is 0.571. The lowest BCUT2D eigenvalue weighted by Crippen LogP contribution is -2.53. The average molecular weight is 293 g/mol. The molecule has 0 aliphatic heterocycles. The number of carboxylic acids is 1. The molecule has 1 amide bonds. The minimum atomic E-state index is -1.14. The van der Waals surface area contributed by atoms with E-state index in [0.717, 1.165) is 12.8 Å². The molecule has 1 aromatic rings. The van der Waals surface area contributed by atoms with Gasteiger partial charge in [-0.3, -0.25) is 4.79 Å². The standard InChI is InChI=1S/C14H19N3O4/c1-8-10(9(2)16-13(21)15-8)7-11(18)17-14(12(19)20)5-3-4-6-14/h3-7H2,1-2H3,(H,17,18)(H,19,20)(H,15,16,21). The van der Waals surface area contributed by atoms with Crippen molar-refractivity contribution in [3.05, 3.63) is 27.4 Å². The Morgan fingerprint density at radius 1 is 1.33 bits per heavy atom. The van der Waals surface area contributed by atoms with Crippen LogP contribution >= 0.6 is 0 Å². The van der Waals surface area contributed by atoms with E-state index in [9.17, 15) is 19.5 Å². The van der Waals surface area contributed by atoms with Crippen molar-refractivity contribution < 1.29 is 14.7 Å². The minimum absolute atomic E-state index is 0.0104. The first kappa shape index (κ1) is 15.2. The molecular weight excluding hydrogens is 274 g/mol. The van der Waals surface area contributed by atoms with Gasteiger partial charge in [0.05, 0.1) is 6.42 Å². The highest BCUT2D eigenvalue weighted by Gasteiger charge is 2.42. The molecule has 7 nitrogen and oxygen atoms in total. The molecule has 1 fully saturated rings. The van der Waals surface area contributed by atoms with Crippen molar-refractivity contribution in [1.29, 1.82) is 0 Å². The topological polar surface area (TPSA) is 112 Å². The molecule has 0 unspecified atom stereocenters. The molecule has 1 aliphatic rings. The van der Waals surface area contributed by atoms with Crippen LogP contribution in [0, 0.1) is 13.8 Å². The summed E-state index contributed by atoms with van der Waals surface area (Å²) in [5.41, 5.74) is 0.104. The molecule has 0 bridgehead atoms. The van der Waals surface area contributed by atoms with E-state index in [1.165, 1.54) is 0 Å². The van der Waals surface area contributed by atoms with Gasteiger partial charge in [-0.2, -0.15) is 4.98 Å². The maximum Gasteiger partial charge on any atom is 0.345 e. The number of H-pyrrole nitrogens is 1. The number of hydrogen-bond acceptors (Lipinski definition) is 4. The first-order chi connectivity index (χ1) is 9.84. The summed E-state index contributed by atoms with van der Waals surface area (Å²) in [6.07, 6.45) is 2.51. The maximum atomic E-state index is 12.2. The number of carbonyl (C=O) groups is 2. The summed E-state index contributed by atoms with van der Waals surface area (Å²) in [6, 6.07) is 0. The summed E-state index contributed by atoms with van der Waals surface area (Å²) in [5, 5.41) is 12.0. The number of nitrogens with zero attached hydrogens (tertiary/aromatic N) is 1. The van der Waals surface area contributed by atoms with E-state index in [1.54, 1.807) is 13.8 Å². The fourth-order valence-electron chi connectivity index (χ4n) is 2.86. The summed E-state index contributed by atoms with van der Waals surface area (Å²) in [4.78, 5) is 41.1. The van der Waals surface area contributed by atoms with Crippen molar-refractivity contribution in [1.82, 2.24) is 15.3 Å². The van der Waals surface area contributed by atoms with Crippen molar-refractivity contribution >= 4 is 11.9 Å². The lowest BCUT2D eigenvalue weighted by molar-refractivity contribution is -0.147. The molecule has 0 aromatic carbocycles. The molecule has 0 atom stereocenters. The number of carbonyl (C=O) groups excluding carboxylic acids is 1. The monoisotopic (exact) mass is 293 g/mol.